The monoisotopic (exact) mass is 388 g/mol. The van der Waals surface area contributed by atoms with Crippen molar-refractivity contribution in [3.05, 3.63) is 17.0 Å². The summed E-state index contributed by atoms with van der Waals surface area (Å²) in [6.45, 7) is 2.91. The van der Waals surface area contributed by atoms with E-state index < -0.39 is 0 Å². The number of rotatable bonds is 4. The fourth-order valence-corrected chi connectivity index (χ4v) is 5.38. The van der Waals surface area contributed by atoms with Crippen LogP contribution in [0.2, 0.25) is 0 Å². The van der Waals surface area contributed by atoms with Crippen molar-refractivity contribution < 1.29 is 9.90 Å². The summed E-state index contributed by atoms with van der Waals surface area (Å²) < 4.78 is 2.19. The van der Waals surface area contributed by atoms with Crippen LogP contribution in [-0.4, -0.2) is 69.9 Å². The van der Waals surface area contributed by atoms with Gasteiger partial charge in [-0.3, -0.25) is 14.4 Å². The highest BCUT2D eigenvalue weighted by Gasteiger charge is 2.34. The fourth-order valence-electron chi connectivity index (χ4n) is 5.38. The highest BCUT2D eigenvalue weighted by Crippen LogP contribution is 2.32. The van der Waals surface area contributed by atoms with E-state index in [0.717, 1.165) is 51.7 Å². The molecule has 1 saturated carbocycles. The molecule has 1 aromatic heterocycles. The molecule has 0 unspecified atom stereocenters. The zero-order chi connectivity index (χ0) is 19.7. The first-order chi connectivity index (χ1) is 13.5. The van der Waals surface area contributed by atoms with Gasteiger partial charge in [-0.25, -0.2) is 0 Å². The SMILES string of the molecule is CN(C)C(=O)c1nn(CC2CCCCC2)c2c1C[C@@H](N1CCC(O)CC1)CC2. The van der Waals surface area contributed by atoms with Crippen LogP contribution in [0, 0.1) is 5.92 Å². The molecule has 156 valence electrons. The fraction of sp³-hybridized carbons (Fsp3) is 0.818. The van der Waals surface area contributed by atoms with Gasteiger partial charge in [0.15, 0.2) is 5.69 Å². The predicted octanol–water partition coefficient (Wildman–Crippen LogP) is 2.48. The molecular formula is C22H36N4O2. The second kappa shape index (κ2) is 8.54. The molecule has 2 aliphatic carbocycles. The minimum atomic E-state index is -0.139. The van der Waals surface area contributed by atoms with Gasteiger partial charge in [0.2, 0.25) is 0 Å². The van der Waals surface area contributed by atoms with E-state index in [1.807, 2.05) is 14.1 Å². The van der Waals surface area contributed by atoms with Gasteiger partial charge >= 0.3 is 0 Å². The van der Waals surface area contributed by atoms with Gasteiger partial charge in [0.1, 0.15) is 0 Å². The van der Waals surface area contributed by atoms with Crippen LogP contribution in [0.25, 0.3) is 0 Å². The molecule has 1 atom stereocenters. The van der Waals surface area contributed by atoms with Gasteiger partial charge in [-0.1, -0.05) is 19.3 Å². The lowest BCUT2D eigenvalue weighted by Gasteiger charge is -2.38. The van der Waals surface area contributed by atoms with E-state index in [2.05, 4.69) is 9.58 Å². The van der Waals surface area contributed by atoms with E-state index in [0.29, 0.717) is 17.7 Å². The van der Waals surface area contributed by atoms with Crippen molar-refractivity contribution in [3.8, 4) is 0 Å². The number of aromatic nitrogens is 2. The van der Waals surface area contributed by atoms with Crippen LogP contribution < -0.4 is 0 Å². The summed E-state index contributed by atoms with van der Waals surface area (Å²) in [6, 6.07) is 0.473. The Morgan fingerprint density at radius 2 is 1.82 bits per heavy atom. The van der Waals surface area contributed by atoms with Gasteiger partial charge in [-0.2, -0.15) is 5.10 Å². The molecule has 0 aromatic carbocycles. The van der Waals surface area contributed by atoms with Crippen molar-refractivity contribution in [1.29, 1.82) is 0 Å². The van der Waals surface area contributed by atoms with E-state index in [-0.39, 0.29) is 12.0 Å². The summed E-state index contributed by atoms with van der Waals surface area (Å²) in [4.78, 5) is 17.0. The number of carbonyl (C=O) groups excluding carboxylic acids is 1. The van der Waals surface area contributed by atoms with Gasteiger partial charge in [-0.15, -0.1) is 0 Å². The average Bonchev–Trinajstić information content (AvgIpc) is 3.06. The van der Waals surface area contributed by atoms with E-state index in [4.69, 9.17) is 5.10 Å². The number of fused-ring (bicyclic) bond motifs is 1. The third kappa shape index (κ3) is 4.13. The summed E-state index contributed by atoms with van der Waals surface area (Å²) in [6.07, 6.45) is 11.3. The number of likely N-dealkylation sites (tertiary alicyclic amines) is 1. The molecule has 2 fully saturated rings. The number of amides is 1. The highest BCUT2D eigenvalue weighted by molar-refractivity contribution is 5.93. The number of aliphatic hydroxyl groups excluding tert-OH is 1. The molecular weight excluding hydrogens is 352 g/mol. The Kier molecular flexibility index (Phi) is 6.07. The van der Waals surface area contributed by atoms with Crippen molar-refractivity contribution in [2.45, 2.75) is 82.9 Å². The Labute approximate surface area is 168 Å². The van der Waals surface area contributed by atoms with Crippen LogP contribution in [0.3, 0.4) is 0 Å². The number of nitrogens with zero attached hydrogens (tertiary/aromatic N) is 4. The van der Waals surface area contributed by atoms with Crippen LogP contribution in [0.4, 0.5) is 0 Å². The van der Waals surface area contributed by atoms with Gasteiger partial charge in [0.05, 0.1) is 6.10 Å². The van der Waals surface area contributed by atoms with Crippen LogP contribution in [0.5, 0.6) is 0 Å². The molecule has 1 N–H and O–H groups in total. The first kappa shape index (κ1) is 19.9. The highest BCUT2D eigenvalue weighted by atomic mass is 16.3. The first-order valence-electron chi connectivity index (χ1n) is 11.2. The maximum Gasteiger partial charge on any atom is 0.274 e. The van der Waals surface area contributed by atoms with Crippen LogP contribution in [0.1, 0.15) is 73.1 Å². The van der Waals surface area contributed by atoms with Gasteiger partial charge in [-0.05, 0) is 50.9 Å². The van der Waals surface area contributed by atoms with Crippen LogP contribution >= 0.6 is 0 Å². The molecule has 1 aromatic rings. The number of hydrogen-bond acceptors (Lipinski definition) is 4. The average molecular weight is 389 g/mol. The summed E-state index contributed by atoms with van der Waals surface area (Å²) in [5, 5.41) is 14.7. The molecule has 1 amide bonds. The van der Waals surface area contributed by atoms with Crippen molar-refractivity contribution in [3.63, 3.8) is 0 Å². The molecule has 1 aliphatic heterocycles. The summed E-state index contributed by atoms with van der Waals surface area (Å²) >= 11 is 0. The minimum Gasteiger partial charge on any atom is -0.393 e. The second-order valence-corrected chi connectivity index (χ2v) is 9.32. The molecule has 0 bridgehead atoms. The maximum absolute atomic E-state index is 12.9. The summed E-state index contributed by atoms with van der Waals surface area (Å²) in [7, 11) is 3.64. The molecule has 3 aliphatic rings. The molecule has 6 heteroatoms. The Hall–Kier alpha value is -1.40. The summed E-state index contributed by atoms with van der Waals surface area (Å²) in [5.74, 6) is 0.745. The quantitative estimate of drug-likeness (QED) is 0.861. The van der Waals surface area contributed by atoms with Crippen LogP contribution in [-0.2, 0) is 19.4 Å². The third-order valence-electron chi connectivity index (χ3n) is 7.10. The van der Waals surface area contributed by atoms with Crippen molar-refractivity contribution in [1.82, 2.24) is 19.6 Å². The topological polar surface area (TPSA) is 61.6 Å². The normalized spacial score (nSPS) is 24.9. The molecule has 6 nitrogen and oxygen atoms in total. The lowest BCUT2D eigenvalue weighted by atomic mass is 9.87. The molecule has 4 rings (SSSR count). The molecule has 0 radical (unpaired) electrons. The second-order valence-electron chi connectivity index (χ2n) is 9.32. The number of aliphatic hydroxyl groups is 1. The lowest BCUT2D eigenvalue weighted by molar-refractivity contribution is 0.0567. The number of carbonyl (C=O) groups is 1. The van der Waals surface area contributed by atoms with Gasteiger partial charge in [0.25, 0.3) is 5.91 Å². The minimum absolute atomic E-state index is 0.0355. The first-order valence-corrected chi connectivity index (χ1v) is 11.2. The van der Waals surface area contributed by atoms with Crippen molar-refractivity contribution in [2.24, 2.45) is 5.92 Å². The smallest absolute Gasteiger partial charge is 0.274 e. The third-order valence-corrected chi connectivity index (χ3v) is 7.10. The Morgan fingerprint density at radius 3 is 2.50 bits per heavy atom. The predicted molar refractivity (Wildman–Crippen MR) is 109 cm³/mol. The van der Waals surface area contributed by atoms with E-state index in [9.17, 15) is 9.90 Å². The van der Waals surface area contributed by atoms with Crippen LogP contribution in [0.15, 0.2) is 0 Å². The number of piperidine rings is 1. The van der Waals surface area contributed by atoms with Crippen molar-refractivity contribution in [2.75, 3.05) is 27.2 Å². The Morgan fingerprint density at radius 1 is 1.11 bits per heavy atom. The lowest BCUT2D eigenvalue weighted by Crippen LogP contribution is -2.45. The molecule has 0 spiro atoms. The summed E-state index contributed by atoms with van der Waals surface area (Å²) in [5.41, 5.74) is 3.18. The van der Waals surface area contributed by atoms with E-state index in [1.54, 1.807) is 4.90 Å². The number of hydrogen-bond donors (Lipinski definition) is 1. The van der Waals surface area contributed by atoms with Gasteiger partial charge < -0.3 is 10.0 Å². The van der Waals surface area contributed by atoms with E-state index >= 15 is 0 Å². The maximum atomic E-state index is 12.9. The molecule has 2 heterocycles. The molecule has 28 heavy (non-hydrogen) atoms. The zero-order valence-electron chi connectivity index (χ0n) is 17.6. The molecule has 1 saturated heterocycles. The Bertz CT molecular complexity index is 685. The largest absolute Gasteiger partial charge is 0.393 e. The van der Waals surface area contributed by atoms with Crippen molar-refractivity contribution >= 4 is 5.91 Å². The standard InChI is InChI=1S/C22H36N4O2/c1-24(2)22(28)21-19-14-17(25-12-10-18(27)11-13-25)8-9-20(19)26(23-21)15-16-6-4-3-5-7-16/h16-18,27H,3-15H2,1-2H3/t17-/m0/s1. The van der Waals surface area contributed by atoms with Gasteiger partial charge in [0, 0.05) is 51.0 Å². The zero-order valence-corrected chi connectivity index (χ0v) is 17.6. The van der Waals surface area contributed by atoms with E-state index in [1.165, 1.54) is 43.4 Å². The Balaban J connectivity index is 1.56.